The fraction of sp³-hybridized carbons (Fsp3) is 0.500. The summed E-state index contributed by atoms with van der Waals surface area (Å²) in [6, 6.07) is 6.70. The largest absolute Gasteiger partial charge is 0.330 e. The van der Waals surface area contributed by atoms with Crippen LogP contribution in [0.3, 0.4) is 0 Å². The first-order valence-electron chi connectivity index (χ1n) is 5.20. The molecule has 1 aromatic rings. The van der Waals surface area contributed by atoms with Crippen molar-refractivity contribution in [1.82, 2.24) is 0 Å². The van der Waals surface area contributed by atoms with Crippen LogP contribution in [-0.4, -0.2) is 12.3 Å². The van der Waals surface area contributed by atoms with Crippen LogP contribution in [0.4, 0.5) is 0 Å². The van der Waals surface area contributed by atoms with Gasteiger partial charge in [0, 0.05) is 4.90 Å². The van der Waals surface area contributed by atoms with Gasteiger partial charge in [-0.2, -0.15) is 0 Å². The summed E-state index contributed by atoms with van der Waals surface area (Å²) in [4.78, 5) is 1.42. The molecule has 2 N–H and O–H groups in total. The molecule has 1 nitrogen and oxygen atoms in total. The number of hydrogen-bond donors (Lipinski definition) is 1. The molecule has 0 fully saturated rings. The van der Waals surface area contributed by atoms with E-state index in [1.807, 2.05) is 11.8 Å². The zero-order valence-corrected chi connectivity index (χ0v) is 9.86. The Labute approximate surface area is 91.1 Å². The minimum atomic E-state index is 0.782. The number of hydrogen-bond acceptors (Lipinski definition) is 2. The summed E-state index contributed by atoms with van der Waals surface area (Å²) in [5.41, 5.74) is 8.34. The molecule has 1 rings (SSSR count). The molecule has 0 saturated heterocycles. The third kappa shape index (κ3) is 3.35. The van der Waals surface area contributed by atoms with Gasteiger partial charge in [0.2, 0.25) is 0 Å². The SMILES string of the molecule is CCSc1ccc(C)cc1CCCN. The average Bonchev–Trinajstić information content (AvgIpc) is 2.18. The molecule has 2 heteroatoms. The summed E-state index contributed by atoms with van der Waals surface area (Å²) in [6.45, 7) is 5.12. The fourth-order valence-corrected chi connectivity index (χ4v) is 2.31. The van der Waals surface area contributed by atoms with Gasteiger partial charge in [-0.15, -0.1) is 11.8 Å². The molecule has 0 radical (unpaired) electrons. The highest BCUT2D eigenvalue weighted by atomic mass is 32.2. The predicted molar refractivity (Wildman–Crippen MR) is 65.0 cm³/mol. The fourth-order valence-electron chi connectivity index (χ4n) is 1.49. The molecule has 0 bridgehead atoms. The Morgan fingerprint density at radius 1 is 1.36 bits per heavy atom. The molecule has 0 aromatic heterocycles. The third-order valence-corrected chi connectivity index (χ3v) is 3.16. The standard InChI is InChI=1S/C12H19NS/c1-3-14-12-7-6-10(2)9-11(12)5-4-8-13/h6-7,9H,3-5,8,13H2,1-2H3. The van der Waals surface area contributed by atoms with Gasteiger partial charge in [0.05, 0.1) is 0 Å². The number of thioether (sulfide) groups is 1. The zero-order valence-electron chi connectivity index (χ0n) is 9.05. The maximum absolute atomic E-state index is 5.53. The lowest BCUT2D eigenvalue weighted by atomic mass is 10.1. The number of benzene rings is 1. The average molecular weight is 209 g/mol. The van der Waals surface area contributed by atoms with E-state index in [9.17, 15) is 0 Å². The molecule has 0 spiro atoms. The van der Waals surface area contributed by atoms with Gasteiger partial charge in [-0.1, -0.05) is 24.6 Å². The van der Waals surface area contributed by atoms with Gasteiger partial charge in [-0.3, -0.25) is 0 Å². The minimum absolute atomic E-state index is 0.782. The summed E-state index contributed by atoms with van der Waals surface area (Å²) in [6.07, 6.45) is 2.20. The molecular formula is C12H19NS. The summed E-state index contributed by atoms with van der Waals surface area (Å²) in [7, 11) is 0. The normalized spacial score (nSPS) is 10.5. The van der Waals surface area contributed by atoms with Crippen molar-refractivity contribution in [2.24, 2.45) is 5.73 Å². The quantitative estimate of drug-likeness (QED) is 0.754. The second-order valence-electron chi connectivity index (χ2n) is 3.44. The Bertz CT molecular complexity index is 284. The molecule has 0 amide bonds. The first-order chi connectivity index (χ1) is 6.77. The third-order valence-electron chi connectivity index (χ3n) is 2.17. The van der Waals surface area contributed by atoms with Crippen LogP contribution in [0.15, 0.2) is 23.1 Å². The van der Waals surface area contributed by atoms with Crippen LogP contribution in [0.2, 0.25) is 0 Å². The van der Waals surface area contributed by atoms with Crippen molar-refractivity contribution in [2.75, 3.05) is 12.3 Å². The van der Waals surface area contributed by atoms with E-state index in [1.165, 1.54) is 16.0 Å². The Kier molecular flexibility index (Phi) is 5.05. The molecule has 14 heavy (non-hydrogen) atoms. The minimum Gasteiger partial charge on any atom is -0.330 e. The molecule has 0 aliphatic rings. The molecule has 0 aliphatic carbocycles. The van der Waals surface area contributed by atoms with Crippen LogP contribution in [0, 0.1) is 6.92 Å². The van der Waals surface area contributed by atoms with Gasteiger partial charge < -0.3 is 5.73 Å². The van der Waals surface area contributed by atoms with Gasteiger partial charge in [-0.25, -0.2) is 0 Å². The van der Waals surface area contributed by atoms with Gasteiger partial charge >= 0.3 is 0 Å². The Morgan fingerprint density at radius 3 is 2.79 bits per heavy atom. The van der Waals surface area contributed by atoms with E-state index in [0.29, 0.717) is 0 Å². The van der Waals surface area contributed by atoms with Gasteiger partial charge in [0.15, 0.2) is 0 Å². The van der Waals surface area contributed by atoms with Crippen LogP contribution in [0.5, 0.6) is 0 Å². The lowest BCUT2D eigenvalue weighted by molar-refractivity contribution is 0.820. The summed E-state index contributed by atoms with van der Waals surface area (Å²) in [5, 5.41) is 0. The van der Waals surface area contributed by atoms with Crippen molar-refractivity contribution in [1.29, 1.82) is 0 Å². The van der Waals surface area contributed by atoms with E-state index in [2.05, 4.69) is 32.0 Å². The van der Waals surface area contributed by atoms with Crippen LogP contribution in [0.1, 0.15) is 24.5 Å². The first-order valence-corrected chi connectivity index (χ1v) is 6.19. The maximum atomic E-state index is 5.53. The summed E-state index contributed by atoms with van der Waals surface area (Å²) in [5.74, 6) is 1.14. The van der Waals surface area contributed by atoms with E-state index in [0.717, 1.165) is 25.1 Å². The Morgan fingerprint density at radius 2 is 2.14 bits per heavy atom. The summed E-state index contributed by atoms with van der Waals surface area (Å²) >= 11 is 1.92. The van der Waals surface area contributed by atoms with Crippen molar-refractivity contribution >= 4 is 11.8 Å². The molecular weight excluding hydrogens is 190 g/mol. The maximum Gasteiger partial charge on any atom is 0.0104 e. The van der Waals surface area contributed by atoms with Crippen LogP contribution in [0.25, 0.3) is 0 Å². The molecule has 0 heterocycles. The molecule has 0 aliphatic heterocycles. The van der Waals surface area contributed by atoms with Gasteiger partial charge in [0.25, 0.3) is 0 Å². The van der Waals surface area contributed by atoms with E-state index >= 15 is 0 Å². The molecule has 1 aromatic carbocycles. The number of aryl methyl sites for hydroxylation is 2. The highest BCUT2D eigenvalue weighted by Gasteiger charge is 2.01. The van der Waals surface area contributed by atoms with Crippen molar-refractivity contribution < 1.29 is 0 Å². The topological polar surface area (TPSA) is 26.0 Å². The first kappa shape index (κ1) is 11.6. The summed E-state index contributed by atoms with van der Waals surface area (Å²) < 4.78 is 0. The highest BCUT2D eigenvalue weighted by Crippen LogP contribution is 2.24. The van der Waals surface area contributed by atoms with Crippen molar-refractivity contribution in [3.63, 3.8) is 0 Å². The Hall–Kier alpha value is -0.470. The lowest BCUT2D eigenvalue weighted by Gasteiger charge is -2.08. The van der Waals surface area contributed by atoms with Crippen LogP contribution < -0.4 is 5.73 Å². The highest BCUT2D eigenvalue weighted by molar-refractivity contribution is 7.99. The van der Waals surface area contributed by atoms with Crippen molar-refractivity contribution in [3.05, 3.63) is 29.3 Å². The number of nitrogens with two attached hydrogens (primary N) is 1. The van der Waals surface area contributed by atoms with Crippen LogP contribution >= 0.6 is 11.8 Å². The second-order valence-corrected chi connectivity index (χ2v) is 4.74. The van der Waals surface area contributed by atoms with E-state index in [1.54, 1.807) is 0 Å². The zero-order chi connectivity index (χ0) is 10.4. The van der Waals surface area contributed by atoms with E-state index in [4.69, 9.17) is 5.73 Å². The predicted octanol–water partition coefficient (Wildman–Crippen LogP) is 3.00. The van der Waals surface area contributed by atoms with Gasteiger partial charge in [-0.05, 0) is 43.7 Å². The van der Waals surface area contributed by atoms with Crippen molar-refractivity contribution in [2.45, 2.75) is 31.6 Å². The Balaban J connectivity index is 2.79. The monoisotopic (exact) mass is 209 g/mol. The molecule has 78 valence electrons. The van der Waals surface area contributed by atoms with Gasteiger partial charge in [0.1, 0.15) is 0 Å². The second kappa shape index (κ2) is 6.10. The molecule has 0 atom stereocenters. The van der Waals surface area contributed by atoms with Crippen molar-refractivity contribution in [3.8, 4) is 0 Å². The van der Waals surface area contributed by atoms with E-state index < -0.39 is 0 Å². The molecule has 0 unspecified atom stereocenters. The van der Waals surface area contributed by atoms with E-state index in [-0.39, 0.29) is 0 Å². The van der Waals surface area contributed by atoms with Crippen LogP contribution in [-0.2, 0) is 6.42 Å². The smallest absolute Gasteiger partial charge is 0.0104 e. The molecule has 0 saturated carbocycles. The lowest BCUT2D eigenvalue weighted by Crippen LogP contribution is -2.01. The number of rotatable bonds is 5.